The van der Waals surface area contributed by atoms with Crippen LogP contribution < -0.4 is 0 Å². The van der Waals surface area contributed by atoms with Gasteiger partial charge in [0.25, 0.3) is 10.0 Å². The van der Waals surface area contributed by atoms with Gasteiger partial charge in [0.05, 0.1) is 10.5 Å². The molecule has 2 atom stereocenters. The van der Waals surface area contributed by atoms with Crippen molar-refractivity contribution in [1.82, 2.24) is 9.29 Å². The minimum atomic E-state index is -3.59. The molecule has 1 fully saturated rings. The van der Waals surface area contributed by atoms with Gasteiger partial charge in [0, 0.05) is 12.7 Å². The van der Waals surface area contributed by atoms with Crippen molar-refractivity contribution in [2.75, 3.05) is 6.54 Å². The van der Waals surface area contributed by atoms with E-state index in [-0.39, 0.29) is 11.1 Å². The molecule has 0 saturated carbocycles. The summed E-state index contributed by atoms with van der Waals surface area (Å²) in [5.41, 5.74) is 2.46. The molecule has 0 spiro atoms. The number of pyridine rings is 1. The number of halogens is 1. The van der Waals surface area contributed by atoms with E-state index >= 15 is 0 Å². The number of rotatable bonds is 2. The lowest BCUT2D eigenvalue weighted by Crippen LogP contribution is -2.45. The van der Waals surface area contributed by atoms with Crippen molar-refractivity contribution in [3.8, 4) is 0 Å². The van der Waals surface area contributed by atoms with E-state index in [1.54, 1.807) is 16.4 Å². The molecule has 5 rings (SSSR count). The first-order chi connectivity index (χ1) is 10.6. The molecule has 3 aliphatic rings. The summed E-state index contributed by atoms with van der Waals surface area (Å²) in [5.74, 6) is 0.290. The number of sulfonamides is 1. The minimum Gasteiger partial charge on any atom is -0.242 e. The number of benzene rings is 1. The maximum absolute atomic E-state index is 13.0. The Morgan fingerprint density at radius 1 is 1.09 bits per heavy atom. The molecule has 2 aliphatic heterocycles. The summed E-state index contributed by atoms with van der Waals surface area (Å²) in [6.07, 6.45) is 3.45. The van der Waals surface area contributed by atoms with E-state index in [9.17, 15) is 8.42 Å². The molecular weight excluding hydrogens is 364 g/mol. The zero-order chi connectivity index (χ0) is 15.3. The molecule has 0 radical (unpaired) electrons. The van der Waals surface area contributed by atoms with Crippen molar-refractivity contribution in [2.24, 2.45) is 0 Å². The van der Waals surface area contributed by atoms with E-state index in [1.165, 1.54) is 11.8 Å². The summed E-state index contributed by atoms with van der Waals surface area (Å²) < 4.78 is 28.2. The SMILES string of the molecule is O=S(=O)(c1ncccc1Br)N1C[C@@H]2CC[C@H]1c1ccccc12. The van der Waals surface area contributed by atoms with Crippen LogP contribution in [-0.4, -0.2) is 24.3 Å². The van der Waals surface area contributed by atoms with Gasteiger partial charge >= 0.3 is 0 Å². The fourth-order valence-electron chi connectivity index (χ4n) is 3.63. The van der Waals surface area contributed by atoms with Crippen LogP contribution in [0.15, 0.2) is 52.1 Å². The van der Waals surface area contributed by atoms with Crippen molar-refractivity contribution < 1.29 is 8.42 Å². The van der Waals surface area contributed by atoms with Gasteiger partial charge in [0.15, 0.2) is 5.03 Å². The molecule has 114 valence electrons. The van der Waals surface area contributed by atoms with E-state index in [2.05, 4.69) is 33.0 Å². The molecule has 2 bridgehead atoms. The van der Waals surface area contributed by atoms with Gasteiger partial charge in [0.2, 0.25) is 0 Å². The summed E-state index contributed by atoms with van der Waals surface area (Å²) in [6, 6.07) is 11.6. The number of hydrogen-bond donors (Lipinski definition) is 0. The third-order valence-corrected chi connectivity index (χ3v) is 7.35. The number of aromatic nitrogens is 1. The Labute approximate surface area is 138 Å². The summed E-state index contributed by atoms with van der Waals surface area (Å²) >= 11 is 3.32. The summed E-state index contributed by atoms with van der Waals surface area (Å²) in [4.78, 5) is 4.09. The Morgan fingerprint density at radius 2 is 1.86 bits per heavy atom. The molecule has 1 aromatic heterocycles. The number of piperidine rings is 1. The average Bonchev–Trinajstić information content (AvgIpc) is 2.56. The summed E-state index contributed by atoms with van der Waals surface area (Å²) in [7, 11) is -3.59. The summed E-state index contributed by atoms with van der Waals surface area (Å²) in [6.45, 7) is 0.549. The van der Waals surface area contributed by atoms with Crippen LogP contribution in [0.2, 0.25) is 0 Å². The van der Waals surface area contributed by atoms with Crippen molar-refractivity contribution >= 4 is 26.0 Å². The van der Waals surface area contributed by atoms with Crippen LogP contribution in [0, 0.1) is 0 Å². The van der Waals surface area contributed by atoms with Gasteiger partial charge in [-0.3, -0.25) is 0 Å². The quantitative estimate of drug-likeness (QED) is 0.803. The van der Waals surface area contributed by atoms with Gasteiger partial charge in [0.1, 0.15) is 0 Å². The van der Waals surface area contributed by atoms with Gasteiger partial charge < -0.3 is 0 Å². The lowest BCUT2D eigenvalue weighted by molar-refractivity contribution is 0.206. The molecule has 0 amide bonds. The topological polar surface area (TPSA) is 50.3 Å². The second kappa shape index (κ2) is 5.15. The molecule has 1 saturated heterocycles. The van der Waals surface area contributed by atoms with E-state index in [0.29, 0.717) is 16.9 Å². The normalized spacial score (nSPS) is 24.2. The van der Waals surface area contributed by atoms with Gasteiger partial charge in [-0.15, -0.1) is 0 Å². The predicted molar refractivity (Wildman–Crippen MR) is 87.0 cm³/mol. The van der Waals surface area contributed by atoms with Crippen molar-refractivity contribution in [2.45, 2.75) is 29.8 Å². The Hall–Kier alpha value is -1.24. The molecule has 4 nitrogen and oxygen atoms in total. The van der Waals surface area contributed by atoms with Crippen LogP contribution in [0.3, 0.4) is 0 Å². The smallest absolute Gasteiger partial charge is 0.242 e. The number of nitrogens with zero attached hydrogens (tertiary/aromatic N) is 2. The van der Waals surface area contributed by atoms with Crippen LogP contribution in [0.25, 0.3) is 0 Å². The Balaban J connectivity index is 1.81. The number of fused-ring (bicyclic) bond motifs is 2. The van der Waals surface area contributed by atoms with E-state index in [4.69, 9.17) is 0 Å². The van der Waals surface area contributed by atoms with Gasteiger partial charge in [-0.05, 0) is 57.9 Å². The van der Waals surface area contributed by atoms with E-state index in [1.807, 2.05) is 12.1 Å². The van der Waals surface area contributed by atoms with Gasteiger partial charge in [-0.1, -0.05) is 24.3 Å². The molecular formula is C16H15BrN2O2S. The maximum Gasteiger partial charge on any atom is 0.262 e. The predicted octanol–water partition coefficient (Wildman–Crippen LogP) is 3.47. The lowest BCUT2D eigenvalue weighted by atomic mass is 9.76. The fourth-order valence-corrected chi connectivity index (χ4v) is 6.16. The van der Waals surface area contributed by atoms with E-state index < -0.39 is 10.0 Å². The Kier molecular flexibility index (Phi) is 3.36. The maximum atomic E-state index is 13.0. The van der Waals surface area contributed by atoms with Gasteiger partial charge in [-0.2, -0.15) is 4.31 Å². The molecule has 1 aromatic carbocycles. The van der Waals surface area contributed by atoms with E-state index in [0.717, 1.165) is 18.4 Å². The monoisotopic (exact) mass is 378 g/mol. The molecule has 6 heteroatoms. The highest BCUT2D eigenvalue weighted by atomic mass is 79.9. The zero-order valence-corrected chi connectivity index (χ0v) is 14.2. The molecule has 0 unspecified atom stereocenters. The third-order valence-electron chi connectivity index (χ3n) is 4.61. The van der Waals surface area contributed by atoms with Crippen molar-refractivity contribution in [3.63, 3.8) is 0 Å². The second-order valence-corrected chi connectivity index (χ2v) is 8.44. The van der Waals surface area contributed by atoms with Crippen LogP contribution in [0.1, 0.15) is 35.9 Å². The first kappa shape index (κ1) is 14.4. The molecule has 3 heterocycles. The Bertz CT molecular complexity index is 838. The fraction of sp³-hybridized carbons (Fsp3) is 0.312. The summed E-state index contributed by atoms with van der Waals surface area (Å²) in [5, 5.41) is 0.111. The Morgan fingerprint density at radius 3 is 2.64 bits per heavy atom. The van der Waals surface area contributed by atoms with Crippen LogP contribution in [0.4, 0.5) is 0 Å². The van der Waals surface area contributed by atoms with Crippen molar-refractivity contribution in [3.05, 3.63) is 58.2 Å². The molecule has 1 aliphatic carbocycles. The first-order valence-corrected chi connectivity index (χ1v) is 9.53. The highest BCUT2D eigenvalue weighted by molar-refractivity contribution is 9.10. The van der Waals surface area contributed by atoms with Gasteiger partial charge in [-0.25, -0.2) is 13.4 Å². The standard InChI is InChI=1S/C16H15BrN2O2S/c17-14-6-3-9-18-16(14)22(20,21)19-10-11-7-8-15(19)13-5-2-1-4-12(11)13/h1-6,9,11,15H,7-8,10H2/t11-,15-/m0/s1. The first-order valence-electron chi connectivity index (χ1n) is 7.30. The largest absolute Gasteiger partial charge is 0.262 e. The lowest BCUT2D eigenvalue weighted by Gasteiger charge is -2.45. The highest BCUT2D eigenvalue weighted by Gasteiger charge is 2.44. The average molecular weight is 379 g/mol. The third kappa shape index (κ3) is 2.05. The molecule has 2 aromatic rings. The highest BCUT2D eigenvalue weighted by Crippen LogP contribution is 2.48. The van der Waals surface area contributed by atoms with Crippen LogP contribution in [-0.2, 0) is 10.0 Å². The molecule has 22 heavy (non-hydrogen) atoms. The van der Waals surface area contributed by atoms with Crippen LogP contribution in [0.5, 0.6) is 0 Å². The van der Waals surface area contributed by atoms with Crippen LogP contribution >= 0.6 is 15.9 Å². The minimum absolute atomic E-state index is 0.0693. The zero-order valence-electron chi connectivity index (χ0n) is 11.8. The molecule has 0 N–H and O–H groups in total. The number of hydrogen-bond acceptors (Lipinski definition) is 3. The second-order valence-electron chi connectivity index (χ2n) is 5.78. The van der Waals surface area contributed by atoms with Crippen molar-refractivity contribution in [1.29, 1.82) is 0 Å².